The minimum atomic E-state index is -1.06. The second kappa shape index (κ2) is 13.5. The number of nitrogens with zero attached hydrogens (tertiary/aromatic N) is 1. The number of β-amino-alcohol motifs (C(OH)–C–C–N with tert-alkyl or cyclic N) is 1. The largest absolute Gasteiger partial charge is 0.480 e. The second-order valence-corrected chi connectivity index (χ2v) is 9.46. The smallest absolute Gasteiger partial charge is 0.326 e. The van der Waals surface area contributed by atoms with Crippen molar-refractivity contribution >= 4 is 43.7 Å². The number of carbonyl (C=O) groups is 2. The van der Waals surface area contributed by atoms with E-state index in [1.54, 1.807) is 0 Å². The number of aliphatic carboxylic acids is 1. The first kappa shape index (κ1) is 23.4. The summed E-state index contributed by atoms with van der Waals surface area (Å²) in [6.45, 7) is 0.0997. The first-order chi connectivity index (χ1) is 12.4. The number of likely N-dealkylation sites (tertiary alicyclic amines) is 1. The van der Waals surface area contributed by atoms with E-state index in [4.69, 9.17) is 5.11 Å². The van der Waals surface area contributed by atoms with Gasteiger partial charge in [0, 0.05) is 13.0 Å². The van der Waals surface area contributed by atoms with Crippen LogP contribution >= 0.6 is 31.9 Å². The number of halogens is 2. The van der Waals surface area contributed by atoms with Crippen LogP contribution in [0.4, 0.5) is 0 Å². The average molecular weight is 495 g/mol. The fraction of sp³-hybridized carbons (Fsp3) is 0.684. The minimum Gasteiger partial charge on any atom is -0.480 e. The van der Waals surface area contributed by atoms with Crippen LogP contribution in [-0.4, -0.2) is 45.7 Å². The molecule has 1 saturated heterocycles. The van der Waals surface area contributed by atoms with E-state index in [1.807, 2.05) is 6.08 Å². The molecular formula is C19H29Br2NO4. The molecule has 5 nitrogen and oxygen atoms in total. The highest BCUT2D eigenvalue weighted by atomic mass is 79.9. The van der Waals surface area contributed by atoms with Crippen molar-refractivity contribution in [1.29, 1.82) is 0 Å². The lowest BCUT2D eigenvalue weighted by Crippen LogP contribution is -2.39. The van der Waals surface area contributed by atoms with E-state index in [2.05, 4.69) is 37.9 Å². The number of rotatable bonds is 12. The van der Waals surface area contributed by atoms with Gasteiger partial charge in [-0.2, -0.15) is 0 Å². The van der Waals surface area contributed by atoms with Gasteiger partial charge in [-0.3, -0.25) is 4.79 Å². The molecule has 2 atom stereocenters. The molecule has 2 N–H and O–H groups in total. The number of hydrogen-bond acceptors (Lipinski definition) is 3. The Kier molecular flexibility index (Phi) is 12.1. The van der Waals surface area contributed by atoms with Crippen molar-refractivity contribution in [3.8, 4) is 0 Å². The Morgan fingerprint density at radius 1 is 1.00 bits per heavy atom. The standard InChI is InChI=1S/C19H29Br2NO4/c20-17(21)11-9-7-5-3-1-2-4-6-8-10-12-18(24)22-14-15(23)13-16(22)19(25)26/h10-12,15-16,23H,1-9,13-14H2,(H,25,26)/b12-10+/t15-,16-/m0/s1. The molecule has 0 saturated carbocycles. The Balaban J connectivity index is 2.06. The van der Waals surface area contributed by atoms with Crippen LogP contribution in [-0.2, 0) is 9.59 Å². The van der Waals surface area contributed by atoms with Crippen molar-refractivity contribution in [2.24, 2.45) is 0 Å². The Morgan fingerprint density at radius 3 is 2.15 bits per heavy atom. The maximum Gasteiger partial charge on any atom is 0.326 e. The third-order valence-corrected chi connectivity index (χ3v) is 5.13. The van der Waals surface area contributed by atoms with Crippen LogP contribution in [0.25, 0.3) is 0 Å². The molecule has 1 amide bonds. The number of aliphatic hydroxyl groups excluding tert-OH is 1. The zero-order chi connectivity index (χ0) is 19.4. The van der Waals surface area contributed by atoms with E-state index >= 15 is 0 Å². The molecule has 0 aromatic rings. The van der Waals surface area contributed by atoms with E-state index < -0.39 is 18.1 Å². The van der Waals surface area contributed by atoms with Crippen molar-refractivity contribution in [2.45, 2.75) is 76.4 Å². The SMILES string of the molecule is O=C(O)[C@@H]1C[C@H](O)CN1C(=O)/C=C/CCCCCCCCCC=C(Br)Br. The molecule has 1 aliphatic rings. The van der Waals surface area contributed by atoms with Crippen molar-refractivity contribution in [2.75, 3.05) is 6.54 Å². The highest BCUT2D eigenvalue weighted by Gasteiger charge is 2.37. The van der Waals surface area contributed by atoms with Gasteiger partial charge >= 0.3 is 5.97 Å². The summed E-state index contributed by atoms with van der Waals surface area (Å²) < 4.78 is 1.02. The number of carboxylic acid groups (broad SMARTS) is 1. The number of unbranched alkanes of at least 4 members (excludes halogenated alkanes) is 8. The molecule has 1 rings (SSSR count). The van der Waals surface area contributed by atoms with Crippen molar-refractivity contribution in [3.63, 3.8) is 0 Å². The molecule has 0 radical (unpaired) electrons. The normalized spacial score (nSPS) is 19.9. The van der Waals surface area contributed by atoms with Gasteiger partial charge in [-0.05, 0) is 63.6 Å². The lowest BCUT2D eigenvalue weighted by Gasteiger charge is -2.19. The average Bonchev–Trinajstić information content (AvgIpc) is 2.97. The van der Waals surface area contributed by atoms with E-state index in [1.165, 1.54) is 43.1 Å². The second-order valence-electron chi connectivity index (χ2n) is 6.68. The molecule has 1 aliphatic heterocycles. The van der Waals surface area contributed by atoms with Gasteiger partial charge in [0.05, 0.1) is 9.50 Å². The quantitative estimate of drug-likeness (QED) is 0.303. The Morgan fingerprint density at radius 2 is 1.58 bits per heavy atom. The maximum absolute atomic E-state index is 12.1. The molecule has 7 heteroatoms. The van der Waals surface area contributed by atoms with Crippen molar-refractivity contribution < 1.29 is 19.8 Å². The van der Waals surface area contributed by atoms with Crippen LogP contribution in [0.1, 0.15) is 64.2 Å². The van der Waals surface area contributed by atoms with Gasteiger partial charge in [0.15, 0.2) is 0 Å². The third kappa shape index (κ3) is 9.88. The lowest BCUT2D eigenvalue weighted by atomic mass is 10.1. The van der Waals surface area contributed by atoms with Crippen LogP contribution in [0.15, 0.2) is 21.6 Å². The number of hydrogen-bond donors (Lipinski definition) is 2. The molecular weight excluding hydrogens is 466 g/mol. The fourth-order valence-electron chi connectivity index (χ4n) is 3.07. The van der Waals surface area contributed by atoms with Crippen LogP contribution in [0, 0.1) is 0 Å². The molecule has 26 heavy (non-hydrogen) atoms. The van der Waals surface area contributed by atoms with E-state index in [9.17, 15) is 14.7 Å². The topological polar surface area (TPSA) is 77.8 Å². The molecule has 0 bridgehead atoms. The summed E-state index contributed by atoms with van der Waals surface area (Å²) in [5.74, 6) is -1.38. The van der Waals surface area contributed by atoms with Gasteiger partial charge in [-0.1, -0.05) is 44.3 Å². The minimum absolute atomic E-state index is 0.0997. The maximum atomic E-state index is 12.1. The Labute approximate surface area is 172 Å². The molecule has 1 heterocycles. The number of allylic oxidation sites excluding steroid dienone is 2. The van der Waals surface area contributed by atoms with Gasteiger partial charge in [0.2, 0.25) is 5.91 Å². The first-order valence-corrected chi connectivity index (χ1v) is 10.9. The molecule has 0 aliphatic carbocycles. The van der Waals surface area contributed by atoms with E-state index in [-0.39, 0.29) is 18.9 Å². The Hall–Kier alpha value is -0.660. The molecule has 148 valence electrons. The number of amides is 1. The summed E-state index contributed by atoms with van der Waals surface area (Å²) in [5, 5.41) is 18.7. The van der Waals surface area contributed by atoms with Crippen LogP contribution in [0.2, 0.25) is 0 Å². The molecule has 0 aromatic heterocycles. The van der Waals surface area contributed by atoms with Gasteiger partial charge in [-0.25, -0.2) is 4.79 Å². The zero-order valence-electron chi connectivity index (χ0n) is 15.1. The van der Waals surface area contributed by atoms with Crippen LogP contribution < -0.4 is 0 Å². The highest BCUT2D eigenvalue weighted by Crippen LogP contribution is 2.19. The highest BCUT2D eigenvalue weighted by molar-refractivity contribution is 9.28. The molecule has 0 spiro atoms. The summed E-state index contributed by atoms with van der Waals surface area (Å²) in [6.07, 6.45) is 15.0. The van der Waals surface area contributed by atoms with E-state index in [0.717, 1.165) is 29.1 Å². The summed E-state index contributed by atoms with van der Waals surface area (Å²) in [6, 6.07) is -0.909. The van der Waals surface area contributed by atoms with Gasteiger partial charge in [0.1, 0.15) is 6.04 Å². The molecule has 1 fully saturated rings. The molecule has 0 unspecified atom stereocenters. The fourth-order valence-corrected chi connectivity index (χ4v) is 3.53. The monoisotopic (exact) mass is 493 g/mol. The predicted octanol–water partition coefficient (Wildman–Crippen LogP) is 4.73. The van der Waals surface area contributed by atoms with Gasteiger partial charge in [-0.15, -0.1) is 0 Å². The first-order valence-electron chi connectivity index (χ1n) is 9.31. The third-order valence-electron chi connectivity index (χ3n) is 4.48. The molecule has 0 aromatic carbocycles. The predicted molar refractivity (Wildman–Crippen MR) is 110 cm³/mol. The van der Waals surface area contributed by atoms with Crippen LogP contribution in [0.3, 0.4) is 0 Å². The Bertz CT molecular complexity index is 504. The van der Waals surface area contributed by atoms with Crippen LogP contribution in [0.5, 0.6) is 0 Å². The summed E-state index contributed by atoms with van der Waals surface area (Å²) in [5.41, 5.74) is 0. The van der Waals surface area contributed by atoms with Crippen molar-refractivity contribution in [3.05, 3.63) is 21.6 Å². The summed E-state index contributed by atoms with van der Waals surface area (Å²) in [4.78, 5) is 24.4. The summed E-state index contributed by atoms with van der Waals surface area (Å²) in [7, 11) is 0. The van der Waals surface area contributed by atoms with Gasteiger partial charge < -0.3 is 15.1 Å². The lowest BCUT2D eigenvalue weighted by molar-refractivity contribution is -0.146. The van der Waals surface area contributed by atoms with Gasteiger partial charge in [0.25, 0.3) is 0 Å². The number of carboxylic acids is 1. The zero-order valence-corrected chi connectivity index (χ0v) is 18.3. The number of aliphatic hydroxyl groups is 1. The van der Waals surface area contributed by atoms with E-state index in [0.29, 0.717) is 0 Å². The summed E-state index contributed by atoms with van der Waals surface area (Å²) >= 11 is 6.70. The van der Waals surface area contributed by atoms with Crippen molar-refractivity contribution in [1.82, 2.24) is 4.90 Å². The number of carbonyl (C=O) groups excluding carboxylic acids is 1.